The van der Waals surface area contributed by atoms with E-state index in [0.29, 0.717) is 12.1 Å². The Hall–Kier alpha value is -1.14. The third-order valence-electron chi connectivity index (χ3n) is 3.47. The first-order valence-electron chi connectivity index (χ1n) is 6.75. The second-order valence-electron chi connectivity index (χ2n) is 5.04. The van der Waals surface area contributed by atoms with Crippen molar-refractivity contribution >= 4 is 0 Å². The summed E-state index contributed by atoms with van der Waals surface area (Å²) in [4.78, 5) is 2.32. The Kier molecular flexibility index (Phi) is 4.99. The van der Waals surface area contributed by atoms with Gasteiger partial charge < -0.3 is 10.2 Å². The minimum atomic E-state index is -4.64. The van der Waals surface area contributed by atoms with E-state index < -0.39 is 17.6 Å². The number of nitrogens with zero attached hydrogens (tertiary/aromatic N) is 1. The molecule has 112 valence electrons. The maximum absolute atomic E-state index is 13.1. The van der Waals surface area contributed by atoms with Crippen LogP contribution in [-0.4, -0.2) is 31.1 Å². The number of alkyl halides is 3. The van der Waals surface area contributed by atoms with Crippen molar-refractivity contribution in [1.29, 1.82) is 0 Å². The lowest BCUT2D eigenvalue weighted by atomic mass is 10.1. The number of likely N-dealkylation sites (tertiary alicyclic amines) is 1. The number of benzene rings is 1. The molecule has 1 aliphatic rings. The smallest absolute Gasteiger partial charge is 0.311 e. The van der Waals surface area contributed by atoms with E-state index in [9.17, 15) is 17.6 Å². The highest BCUT2D eigenvalue weighted by Crippen LogP contribution is 2.31. The van der Waals surface area contributed by atoms with Crippen molar-refractivity contribution in [3.63, 3.8) is 0 Å². The molecular formula is C14H18F4N2. The maximum Gasteiger partial charge on any atom is 0.419 e. The van der Waals surface area contributed by atoms with Gasteiger partial charge in [0, 0.05) is 19.6 Å². The number of hydrogen-bond donors (Lipinski definition) is 1. The van der Waals surface area contributed by atoms with Gasteiger partial charge in [-0.2, -0.15) is 13.2 Å². The molecule has 2 nitrogen and oxygen atoms in total. The molecule has 0 saturated carbocycles. The normalized spacial score (nSPS) is 16.8. The van der Waals surface area contributed by atoms with Gasteiger partial charge in [-0.1, -0.05) is 6.07 Å². The fourth-order valence-electron chi connectivity index (χ4n) is 2.38. The van der Waals surface area contributed by atoms with E-state index >= 15 is 0 Å². The molecule has 1 aromatic carbocycles. The van der Waals surface area contributed by atoms with Gasteiger partial charge in [0.15, 0.2) is 0 Å². The molecule has 20 heavy (non-hydrogen) atoms. The zero-order valence-corrected chi connectivity index (χ0v) is 11.1. The van der Waals surface area contributed by atoms with Gasteiger partial charge in [-0.3, -0.25) is 0 Å². The number of halogens is 4. The highest BCUT2D eigenvalue weighted by molar-refractivity contribution is 5.27. The van der Waals surface area contributed by atoms with E-state index in [1.165, 1.54) is 18.9 Å². The Morgan fingerprint density at radius 3 is 2.50 bits per heavy atom. The largest absolute Gasteiger partial charge is 0.419 e. The van der Waals surface area contributed by atoms with Crippen LogP contribution in [-0.2, 0) is 12.7 Å². The summed E-state index contributed by atoms with van der Waals surface area (Å²) in [7, 11) is 0. The lowest BCUT2D eigenvalue weighted by molar-refractivity contribution is -0.140. The average Bonchev–Trinajstić information content (AvgIpc) is 2.88. The van der Waals surface area contributed by atoms with Gasteiger partial charge in [-0.25, -0.2) is 4.39 Å². The van der Waals surface area contributed by atoms with Crippen LogP contribution in [0.1, 0.15) is 24.0 Å². The van der Waals surface area contributed by atoms with Crippen LogP contribution in [0.3, 0.4) is 0 Å². The van der Waals surface area contributed by atoms with Crippen molar-refractivity contribution in [3.05, 3.63) is 35.1 Å². The molecular weight excluding hydrogens is 272 g/mol. The molecule has 0 bridgehead atoms. The third-order valence-corrected chi connectivity index (χ3v) is 3.47. The second-order valence-corrected chi connectivity index (χ2v) is 5.04. The first-order chi connectivity index (χ1) is 9.47. The van der Waals surface area contributed by atoms with E-state index in [2.05, 4.69) is 10.2 Å². The van der Waals surface area contributed by atoms with Crippen LogP contribution in [0.25, 0.3) is 0 Å². The standard InChI is InChI=1S/C14H18F4N2/c15-13-4-3-11(9-12(13)14(16,17)18)10-19-5-8-20-6-1-2-7-20/h3-4,9,19H,1-2,5-8,10H2. The summed E-state index contributed by atoms with van der Waals surface area (Å²) in [5.74, 6) is -1.22. The number of hydrogen-bond acceptors (Lipinski definition) is 2. The van der Waals surface area contributed by atoms with Crippen LogP contribution < -0.4 is 5.32 Å². The Morgan fingerprint density at radius 1 is 1.15 bits per heavy atom. The van der Waals surface area contributed by atoms with Crippen molar-refractivity contribution < 1.29 is 17.6 Å². The summed E-state index contributed by atoms with van der Waals surface area (Å²) in [6.45, 7) is 4.12. The van der Waals surface area contributed by atoms with E-state index in [0.717, 1.165) is 38.3 Å². The molecule has 1 aliphatic heterocycles. The Bertz CT molecular complexity index is 439. The monoisotopic (exact) mass is 290 g/mol. The van der Waals surface area contributed by atoms with Crippen LogP contribution in [0.5, 0.6) is 0 Å². The van der Waals surface area contributed by atoms with Crippen molar-refractivity contribution in [2.75, 3.05) is 26.2 Å². The quantitative estimate of drug-likeness (QED) is 0.662. The second kappa shape index (κ2) is 6.54. The predicted octanol–water partition coefficient (Wildman–Crippen LogP) is 3.03. The minimum Gasteiger partial charge on any atom is -0.311 e. The molecule has 6 heteroatoms. The molecule has 0 amide bonds. The summed E-state index contributed by atoms with van der Waals surface area (Å²) >= 11 is 0. The van der Waals surface area contributed by atoms with Crippen LogP contribution in [0.15, 0.2) is 18.2 Å². The summed E-state index contributed by atoms with van der Waals surface area (Å²) in [5.41, 5.74) is -0.753. The molecule has 0 spiro atoms. The molecule has 1 N–H and O–H groups in total. The molecule has 1 fully saturated rings. The molecule has 2 rings (SSSR count). The fraction of sp³-hybridized carbons (Fsp3) is 0.571. The zero-order chi connectivity index (χ0) is 14.6. The van der Waals surface area contributed by atoms with E-state index in [1.54, 1.807) is 0 Å². The lowest BCUT2D eigenvalue weighted by Gasteiger charge is -2.15. The molecule has 0 aliphatic carbocycles. The van der Waals surface area contributed by atoms with Gasteiger partial charge in [0.1, 0.15) is 5.82 Å². The van der Waals surface area contributed by atoms with E-state index in [1.807, 2.05) is 0 Å². The molecule has 1 saturated heterocycles. The van der Waals surface area contributed by atoms with Crippen molar-refractivity contribution in [2.24, 2.45) is 0 Å². The van der Waals surface area contributed by atoms with Crippen LogP contribution in [0.2, 0.25) is 0 Å². The first-order valence-corrected chi connectivity index (χ1v) is 6.75. The van der Waals surface area contributed by atoms with Gasteiger partial charge in [0.25, 0.3) is 0 Å². The highest BCUT2D eigenvalue weighted by atomic mass is 19.4. The Balaban J connectivity index is 1.83. The van der Waals surface area contributed by atoms with Gasteiger partial charge in [-0.15, -0.1) is 0 Å². The van der Waals surface area contributed by atoms with Crippen molar-refractivity contribution in [1.82, 2.24) is 10.2 Å². The molecule has 1 aromatic rings. The highest BCUT2D eigenvalue weighted by Gasteiger charge is 2.34. The number of nitrogens with one attached hydrogen (secondary N) is 1. The Morgan fingerprint density at radius 2 is 1.85 bits per heavy atom. The molecule has 0 radical (unpaired) electrons. The fourth-order valence-corrected chi connectivity index (χ4v) is 2.38. The molecule has 1 heterocycles. The van der Waals surface area contributed by atoms with E-state index in [-0.39, 0.29) is 0 Å². The molecule has 0 atom stereocenters. The van der Waals surface area contributed by atoms with Gasteiger partial charge in [-0.05, 0) is 43.6 Å². The SMILES string of the molecule is Fc1ccc(CNCCN2CCCC2)cc1C(F)(F)F. The predicted molar refractivity (Wildman–Crippen MR) is 68.8 cm³/mol. The summed E-state index contributed by atoms with van der Waals surface area (Å²) < 4.78 is 50.8. The summed E-state index contributed by atoms with van der Waals surface area (Å²) in [6, 6.07) is 3.13. The van der Waals surface area contributed by atoms with Crippen LogP contribution >= 0.6 is 0 Å². The lowest BCUT2D eigenvalue weighted by Crippen LogP contribution is -2.29. The van der Waals surface area contributed by atoms with Crippen molar-refractivity contribution in [2.45, 2.75) is 25.6 Å². The number of rotatable bonds is 5. The van der Waals surface area contributed by atoms with Crippen LogP contribution in [0, 0.1) is 5.82 Å². The topological polar surface area (TPSA) is 15.3 Å². The molecule has 0 aromatic heterocycles. The van der Waals surface area contributed by atoms with Crippen molar-refractivity contribution in [3.8, 4) is 0 Å². The first kappa shape index (κ1) is 15.3. The zero-order valence-electron chi connectivity index (χ0n) is 11.1. The summed E-state index contributed by atoms with van der Waals surface area (Å²) in [5, 5.41) is 3.10. The minimum absolute atomic E-state index is 0.317. The van der Waals surface area contributed by atoms with Crippen LogP contribution in [0.4, 0.5) is 17.6 Å². The summed E-state index contributed by atoms with van der Waals surface area (Å²) in [6.07, 6.45) is -2.21. The van der Waals surface area contributed by atoms with Gasteiger partial charge in [0.2, 0.25) is 0 Å². The van der Waals surface area contributed by atoms with Gasteiger partial charge >= 0.3 is 6.18 Å². The van der Waals surface area contributed by atoms with Gasteiger partial charge in [0.05, 0.1) is 5.56 Å². The third kappa shape index (κ3) is 4.18. The maximum atomic E-state index is 13.1. The Labute approximate surface area is 115 Å². The van der Waals surface area contributed by atoms with E-state index in [4.69, 9.17) is 0 Å². The molecule has 0 unspecified atom stereocenters. The average molecular weight is 290 g/mol.